The molecule has 3 rings (SSSR count). The molecule has 1 aromatic carbocycles. The number of carbonyl (C=O) groups excluding carboxylic acids is 1. The van der Waals surface area contributed by atoms with Crippen molar-refractivity contribution in [2.24, 2.45) is 5.41 Å². The van der Waals surface area contributed by atoms with E-state index in [4.69, 9.17) is 0 Å². The van der Waals surface area contributed by atoms with Gasteiger partial charge in [0, 0.05) is 29.4 Å². The van der Waals surface area contributed by atoms with Crippen molar-refractivity contribution < 1.29 is 4.79 Å². The molecule has 0 unspecified atom stereocenters. The largest absolute Gasteiger partial charge is 0.364 e. The second kappa shape index (κ2) is 3.84. The Labute approximate surface area is 107 Å². The minimum absolute atomic E-state index is 0.0723. The quantitative estimate of drug-likeness (QED) is 0.805. The summed E-state index contributed by atoms with van der Waals surface area (Å²) in [5.74, 6) is 0.265. The van der Waals surface area contributed by atoms with Crippen molar-refractivity contribution in [3.8, 4) is 11.1 Å². The van der Waals surface area contributed by atoms with Gasteiger partial charge in [-0.25, -0.2) is 0 Å². The van der Waals surface area contributed by atoms with Crippen LogP contribution in [-0.2, 0) is 6.42 Å². The molecule has 0 fully saturated rings. The maximum Gasteiger partial charge on any atom is 0.165 e. The minimum atomic E-state index is 0.0723. The number of hydrogen-bond acceptors (Lipinski definition) is 1. The first-order valence-corrected chi connectivity index (χ1v) is 6.36. The van der Waals surface area contributed by atoms with Gasteiger partial charge in [0.05, 0.1) is 0 Å². The lowest BCUT2D eigenvalue weighted by Crippen LogP contribution is -2.26. The van der Waals surface area contributed by atoms with E-state index >= 15 is 0 Å². The van der Waals surface area contributed by atoms with Gasteiger partial charge in [-0.1, -0.05) is 44.2 Å². The van der Waals surface area contributed by atoms with E-state index in [-0.39, 0.29) is 11.2 Å². The fourth-order valence-corrected chi connectivity index (χ4v) is 2.83. The SMILES string of the molecule is CC1(C)CC(=O)c2c(-c3ccccc3)c[nH]c2C1. The molecule has 0 atom stereocenters. The number of aromatic nitrogens is 1. The van der Waals surface area contributed by atoms with Crippen molar-refractivity contribution in [3.63, 3.8) is 0 Å². The summed E-state index contributed by atoms with van der Waals surface area (Å²) in [7, 11) is 0. The molecule has 2 nitrogen and oxygen atoms in total. The number of benzene rings is 1. The van der Waals surface area contributed by atoms with Crippen LogP contribution in [0.4, 0.5) is 0 Å². The van der Waals surface area contributed by atoms with Gasteiger partial charge in [0.1, 0.15) is 0 Å². The molecule has 0 bridgehead atoms. The number of nitrogens with one attached hydrogen (secondary N) is 1. The third-order valence-electron chi connectivity index (χ3n) is 3.62. The third-order valence-corrected chi connectivity index (χ3v) is 3.62. The van der Waals surface area contributed by atoms with Crippen molar-refractivity contribution in [1.82, 2.24) is 4.98 Å². The molecule has 0 radical (unpaired) electrons. The van der Waals surface area contributed by atoms with Crippen LogP contribution >= 0.6 is 0 Å². The summed E-state index contributed by atoms with van der Waals surface area (Å²) < 4.78 is 0. The van der Waals surface area contributed by atoms with Gasteiger partial charge in [-0.15, -0.1) is 0 Å². The lowest BCUT2D eigenvalue weighted by atomic mass is 9.75. The third kappa shape index (κ3) is 1.78. The molecule has 18 heavy (non-hydrogen) atoms. The number of fused-ring (bicyclic) bond motifs is 1. The van der Waals surface area contributed by atoms with Crippen molar-refractivity contribution in [1.29, 1.82) is 0 Å². The van der Waals surface area contributed by atoms with E-state index < -0.39 is 0 Å². The number of carbonyl (C=O) groups is 1. The Morgan fingerprint density at radius 2 is 1.83 bits per heavy atom. The van der Waals surface area contributed by atoms with E-state index in [9.17, 15) is 4.79 Å². The van der Waals surface area contributed by atoms with Crippen molar-refractivity contribution in [2.45, 2.75) is 26.7 Å². The summed E-state index contributed by atoms with van der Waals surface area (Å²) >= 11 is 0. The Morgan fingerprint density at radius 1 is 1.11 bits per heavy atom. The second-order valence-electron chi connectivity index (χ2n) is 5.86. The van der Waals surface area contributed by atoms with Gasteiger partial charge in [-0.05, 0) is 17.4 Å². The van der Waals surface area contributed by atoms with Crippen LogP contribution in [-0.4, -0.2) is 10.8 Å². The predicted octanol–water partition coefficient (Wildman–Crippen LogP) is 3.84. The molecular formula is C16H17NO. The number of Topliss-reactive ketones (excluding diaryl/α,β-unsaturated/α-hetero) is 1. The van der Waals surface area contributed by atoms with Crippen LogP contribution in [0.15, 0.2) is 36.5 Å². The Balaban J connectivity index is 2.12. The molecule has 2 aromatic rings. The highest BCUT2D eigenvalue weighted by Gasteiger charge is 2.33. The molecule has 1 aliphatic carbocycles. The van der Waals surface area contributed by atoms with Gasteiger partial charge in [0.2, 0.25) is 0 Å². The first kappa shape index (κ1) is 11.3. The van der Waals surface area contributed by atoms with Crippen LogP contribution in [0, 0.1) is 5.41 Å². The van der Waals surface area contributed by atoms with Gasteiger partial charge in [-0.3, -0.25) is 4.79 Å². The standard InChI is InChI=1S/C16H17NO/c1-16(2)8-13-15(14(18)9-16)12(10-17-13)11-6-4-3-5-7-11/h3-7,10,17H,8-9H2,1-2H3. The highest BCUT2D eigenvalue weighted by molar-refractivity contribution is 6.04. The van der Waals surface area contributed by atoms with E-state index in [0.29, 0.717) is 6.42 Å². The second-order valence-corrected chi connectivity index (χ2v) is 5.86. The van der Waals surface area contributed by atoms with Crippen molar-refractivity contribution in [3.05, 3.63) is 47.8 Å². The molecule has 0 saturated heterocycles. The topological polar surface area (TPSA) is 32.9 Å². The monoisotopic (exact) mass is 239 g/mol. The lowest BCUT2D eigenvalue weighted by Gasteiger charge is -2.28. The average Bonchev–Trinajstić information content (AvgIpc) is 2.72. The average molecular weight is 239 g/mol. The summed E-state index contributed by atoms with van der Waals surface area (Å²) in [5.41, 5.74) is 4.23. The Morgan fingerprint density at radius 3 is 2.56 bits per heavy atom. The molecular weight excluding hydrogens is 222 g/mol. The molecule has 2 heteroatoms. The fraction of sp³-hybridized carbons (Fsp3) is 0.312. The summed E-state index contributed by atoms with van der Waals surface area (Å²) in [6, 6.07) is 10.1. The molecule has 1 N–H and O–H groups in total. The Kier molecular flexibility index (Phi) is 2.40. The molecule has 1 heterocycles. The van der Waals surface area contributed by atoms with Gasteiger partial charge in [-0.2, -0.15) is 0 Å². The highest BCUT2D eigenvalue weighted by Crippen LogP contribution is 2.38. The lowest BCUT2D eigenvalue weighted by molar-refractivity contribution is 0.0912. The Hall–Kier alpha value is -1.83. The van der Waals surface area contributed by atoms with Crippen LogP contribution in [0.1, 0.15) is 36.3 Å². The number of hydrogen-bond donors (Lipinski definition) is 1. The van der Waals surface area contributed by atoms with E-state index in [1.54, 1.807) is 0 Å². The number of rotatable bonds is 1. The maximum absolute atomic E-state index is 12.3. The zero-order chi connectivity index (χ0) is 12.8. The first-order valence-electron chi connectivity index (χ1n) is 6.36. The minimum Gasteiger partial charge on any atom is -0.364 e. The van der Waals surface area contributed by atoms with Crippen LogP contribution in [0.2, 0.25) is 0 Å². The fourth-order valence-electron chi connectivity index (χ4n) is 2.83. The van der Waals surface area contributed by atoms with E-state index in [1.807, 2.05) is 24.4 Å². The van der Waals surface area contributed by atoms with Crippen LogP contribution in [0.3, 0.4) is 0 Å². The summed E-state index contributed by atoms with van der Waals surface area (Å²) in [6.45, 7) is 4.30. The predicted molar refractivity (Wildman–Crippen MR) is 72.7 cm³/mol. The van der Waals surface area contributed by atoms with Crippen LogP contribution in [0.5, 0.6) is 0 Å². The zero-order valence-corrected chi connectivity index (χ0v) is 10.8. The van der Waals surface area contributed by atoms with Crippen LogP contribution in [0.25, 0.3) is 11.1 Å². The molecule has 0 spiro atoms. The molecule has 0 aliphatic heterocycles. The highest BCUT2D eigenvalue weighted by atomic mass is 16.1. The first-order chi connectivity index (χ1) is 8.57. The Bertz CT molecular complexity index is 593. The van der Waals surface area contributed by atoms with Gasteiger partial charge in [0.15, 0.2) is 5.78 Å². The van der Waals surface area contributed by atoms with E-state index in [2.05, 4.69) is 31.0 Å². The number of aromatic amines is 1. The smallest absolute Gasteiger partial charge is 0.165 e. The number of H-pyrrole nitrogens is 1. The zero-order valence-electron chi connectivity index (χ0n) is 10.8. The molecule has 0 amide bonds. The summed E-state index contributed by atoms with van der Waals surface area (Å²) in [5, 5.41) is 0. The van der Waals surface area contributed by atoms with E-state index in [1.165, 1.54) is 0 Å². The van der Waals surface area contributed by atoms with E-state index in [0.717, 1.165) is 28.8 Å². The van der Waals surface area contributed by atoms with Crippen molar-refractivity contribution in [2.75, 3.05) is 0 Å². The number of ketones is 1. The van der Waals surface area contributed by atoms with Gasteiger partial charge in [0.25, 0.3) is 0 Å². The van der Waals surface area contributed by atoms with Crippen LogP contribution < -0.4 is 0 Å². The summed E-state index contributed by atoms with van der Waals surface area (Å²) in [6.07, 6.45) is 3.55. The molecule has 1 aromatic heterocycles. The summed E-state index contributed by atoms with van der Waals surface area (Å²) in [4.78, 5) is 15.6. The van der Waals surface area contributed by atoms with Crippen molar-refractivity contribution >= 4 is 5.78 Å². The molecule has 92 valence electrons. The normalized spacial score (nSPS) is 17.6. The maximum atomic E-state index is 12.3. The molecule has 0 saturated carbocycles. The van der Waals surface area contributed by atoms with Gasteiger partial charge < -0.3 is 4.98 Å². The van der Waals surface area contributed by atoms with Gasteiger partial charge >= 0.3 is 0 Å². The molecule has 1 aliphatic rings.